The monoisotopic (exact) mass is 269 g/mol. The van der Waals surface area contributed by atoms with Crippen LogP contribution >= 0.6 is 0 Å². The van der Waals surface area contributed by atoms with Gasteiger partial charge in [-0.15, -0.1) is 0 Å². The lowest BCUT2D eigenvalue weighted by atomic mass is 9.57. The molecule has 1 heterocycles. The van der Waals surface area contributed by atoms with Crippen LogP contribution in [0, 0.1) is 18.3 Å². The minimum atomic E-state index is 0.563. The van der Waals surface area contributed by atoms with Gasteiger partial charge in [-0.3, -0.25) is 4.99 Å². The van der Waals surface area contributed by atoms with Gasteiger partial charge in [-0.25, -0.2) is 0 Å². The molecule has 0 radical (unpaired) electrons. The van der Waals surface area contributed by atoms with E-state index >= 15 is 0 Å². The molecule has 3 nitrogen and oxygen atoms in total. The first-order chi connectivity index (χ1) is 9.58. The molecule has 1 aromatic carbocycles. The van der Waals surface area contributed by atoms with Crippen LogP contribution in [-0.4, -0.2) is 18.8 Å². The third kappa shape index (κ3) is 2.50. The maximum absolute atomic E-state index is 5.88. The molecule has 3 heteroatoms. The predicted molar refractivity (Wildman–Crippen MR) is 84.2 cm³/mol. The van der Waals surface area contributed by atoms with Crippen LogP contribution in [0.1, 0.15) is 25.3 Å². The first-order valence-electron chi connectivity index (χ1n) is 7.37. The molecule has 1 spiro atoms. The van der Waals surface area contributed by atoms with Gasteiger partial charge in [0.25, 0.3) is 0 Å². The van der Waals surface area contributed by atoms with Crippen LogP contribution in [0.4, 0.5) is 5.69 Å². The summed E-state index contributed by atoms with van der Waals surface area (Å²) in [5, 5.41) is 3.38. The van der Waals surface area contributed by atoms with Crippen molar-refractivity contribution in [3.8, 4) is 0 Å². The van der Waals surface area contributed by atoms with Crippen molar-refractivity contribution in [2.75, 3.05) is 13.1 Å². The number of hydrogen-bond donors (Lipinski definition) is 2. The lowest BCUT2D eigenvalue weighted by Crippen LogP contribution is -2.61. The molecule has 0 aromatic heterocycles. The maximum atomic E-state index is 5.88. The zero-order valence-electron chi connectivity index (χ0n) is 12.3. The van der Waals surface area contributed by atoms with Crippen LogP contribution in [0.3, 0.4) is 0 Å². The van der Waals surface area contributed by atoms with E-state index in [9.17, 15) is 0 Å². The van der Waals surface area contributed by atoms with Crippen molar-refractivity contribution in [1.82, 2.24) is 5.32 Å². The molecule has 0 bridgehead atoms. The number of nitrogens with two attached hydrogens (primary N) is 1. The third-order valence-corrected chi connectivity index (χ3v) is 4.52. The van der Waals surface area contributed by atoms with Crippen LogP contribution in [-0.2, 0) is 0 Å². The van der Waals surface area contributed by atoms with Crippen molar-refractivity contribution in [3.05, 3.63) is 41.6 Å². The van der Waals surface area contributed by atoms with Crippen LogP contribution < -0.4 is 11.1 Å². The molecule has 1 saturated carbocycles. The van der Waals surface area contributed by atoms with Crippen molar-refractivity contribution < 1.29 is 0 Å². The van der Waals surface area contributed by atoms with Crippen molar-refractivity contribution >= 4 is 11.4 Å². The standard InChI is InChI=1S/C17H23N3/c1-12-5-3-4-6-15(12)20-16(7-13(2)18)14-8-17(9-14)10-19-11-17/h3-7,14,19H,8-11,18H2,1-2H3/b13-7-,20-16?. The molecule has 3 rings (SSSR count). The highest BCUT2D eigenvalue weighted by Gasteiger charge is 2.49. The molecule has 2 aliphatic rings. The quantitative estimate of drug-likeness (QED) is 0.829. The molecule has 1 aliphatic carbocycles. The van der Waals surface area contributed by atoms with Gasteiger partial charge < -0.3 is 11.1 Å². The number of aliphatic imine (C=N–C) groups is 1. The summed E-state index contributed by atoms with van der Waals surface area (Å²) in [6, 6.07) is 8.28. The lowest BCUT2D eigenvalue weighted by molar-refractivity contribution is 0.0312. The number of nitrogens with zero attached hydrogens (tertiary/aromatic N) is 1. The minimum Gasteiger partial charge on any atom is -0.402 e. The molecule has 106 valence electrons. The van der Waals surface area contributed by atoms with Crippen molar-refractivity contribution in [2.45, 2.75) is 26.7 Å². The highest BCUT2D eigenvalue weighted by molar-refractivity contribution is 5.99. The van der Waals surface area contributed by atoms with Gasteiger partial charge in [-0.05, 0) is 49.8 Å². The van der Waals surface area contributed by atoms with Crippen LogP contribution in [0.2, 0.25) is 0 Å². The summed E-state index contributed by atoms with van der Waals surface area (Å²) in [7, 11) is 0. The third-order valence-electron chi connectivity index (χ3n) is 4.52. The summed E-state index contributed by atoms with van der Waals surface area (Å²) in [6.07, 6.45) is 4.54. The molecular formula is C17H23N3. The fourth-order valence-corrected chi connectivity index (χ4v) is 3.26. The Morgan fingerprint density at radius 1 is 1.35 bits per heavy atom. The lowest BCUT2D eigenvalue weighted by Gasteiger charge is -2.54. The van der Waals surface area contributed by atoms with E-state index in [0.717, 1.165) is 17.1 Å². The number of hydrogen-bond acceptors (Lipinski definition) is 3. The van der Waals surface area contributed by atoms with Gasteiger partial charge in [0, 0.05) is 30.4 Å². The second-order valence-corrected chi connectivity index (χ2v) is 6.42. The molecule has 1 aromatic rings. The Balaban J connectivity index is 1.84. The topological polar surface area (TPSA) is 50.4 Å². The molecule has 0 atom stereocenters. The molecule has 2 fully saturated rings. The number of para-hydroxylation sites is 1. The molecule has 1 aliphatic heterocycles. The Labute approximate surface area is 121 Å². The molecule has 20 heavy (non-hydrogen) atoms. The second kappa shape index (κ2) is 5.06. The van der Waals surface area contributed by atoms with Gasteiger partial charge in [0.2, 0.25) is 0 Å². The Morgan fingerprint density at radius 2 is 2.05 bits per heavy atom. The SMILES string of the molecule is C/C(N)=C/C(=Nc1ccccc1C)C1CC2(CNC2)C1. The Hall–Kier alpha value is -1.61. The van der Waals surface area contributed by atoms with Crippen molar-refractivity contribution in [3.63, 3.8) is 0 Å². The predicted octanol–water partition coefficient (Wildman–Crippen LogP) is 2.93. The van der Waals surface area contributed by atoms with Gasteiger partial charge in [-0.2, -0.15) is 0 Å². The van der Waals surface area contributed by atoms with Crippen LogP contribution in [0.25, 0.3) is 0 Å². The van der Waals surface area contributed by atoms with E-state index in [-0.39, 0.29) is 0 Å². The summed E-state index contributed by atoms with van der Waals surface area (Å²) in [5.74, 6) is 0.565. The molecule has 0 unspecified atom stereocenters. The summed E-state index contributed by atoms with van der Waals surface area (Å²) >= 11 is 0. The number of aryl methyl sites for hydroxylation is 1. The Bertz CT molecular complexity index is 555. The number of allylic oxidation sites excluding steroid dienone is 2. The number of benzene rings is 1. The van der Waals surface area contributed by atoms with E-state index < -0.39 is 0 Å². The highest BCUT2D eigenvalue weighted by Crippen LogP contribution is 2.49. The summed E-state index contributed by atoms with van der Waals surface area (Å²) < 4.78 is 0. The summed E-state index contributed by atoms with van der Waals surface area (Å²) in [6.45, 7) is 6.39. The van der Waals surface area contributed by atoms with Crippen LogP contribution in [0.5, 0.6) is 0 Å². The average Bonchev–Trinajstić information content (AvgIpc) is 2.27. The fourth-order valence-electron chi connectivity index (χ4n) is 3.26. The molecule has 0 amide bonds. The Kier molecular flexibility index (Phi) is 3.38. The normalized spacial score (nSPS) is 22.5. The van der Waals surface area contributed by atoms with Gasteiger partial charge in [0.1, 0.15) is 0 Å². The van der Waals surface area contributed by atoms with Crippen molar-refractivity contribution in [1.29, 1.82) is 0 Å². The minimum absolute atomic E-state index is 0.563. The Morgan fingerprint density at radius 3 is 2.60 bits per heavy atom. The first-order valence-corrected chi connectivity index (χ1v) is 7.37. The zero-order chi connectivity index (χ0) is 14.2. The number of rotatable bonds is 3. The summed E-state index contributed by atoms with van der Waals surface area (Å²) in [4.78, 5) is 4.88. The van der Waals surface area contributed by atoms with E-state index in [2.05, 4.69) is 36.5 Å². The van der Waals surface area contributed by atoms with E-state index in [1.54, 1.807) is 0 Å². The van der Waals surface area contributed by atoms with Gasteiger partial charge in [0.05, 0.1) is 5.69 Å². The fraction of sp³-hybridized carbons (Fsp3) is 0.471. The molecule has 1 saturated heterocycles. The average molecular weight is 269 g/mol. The van der Waals surface area contributed by atoms with E-state index in [4.69, 9.17) is 10.7 Å². The maximum Gasteiger partial charge on any atom is 0.0662 e. The van der Waals surface area contributed by atoms with E-state index in [0.29, 0.717) is 11.3 Å². The van der Waals surface area contributed by atoms with Gasteiger partial charge in [0.15, 0.2) is 0 Å². The zero-order valence-corrected chi connectivity index (χ0v) is 12.3. The first kappa shape index (κ1) is 13.4. The van der Waals surface area contributed by atoms with Crippen LogP contribution in [0.15, 0.2) is 41.0 Å². The van der Waals surface area contributed by atoms with Crippen molar-refractivity contribution in [2.24, 2.45) is 22.1 Å². The molecule has 3 N–H and O–H groups in total. The highest BCUT2D eigenvalue weighted by atomic mass is 15.0. The summed E-state index contributed by atoms with van der Waals surface area (Å²) in [5.41, 5.74) is 10.7. The smallest absolute Gasteiger partial charge is 0.0662 e. The largest absolute Gasteiger partial charge is 0.402 e. The van der Waals surface area contributed by atoms with Gasteiger partial charge >= 0.3 is 0 Å². The van der Waals surface area contributed by atoms with E-state index in [1.165, 1.54) is 31.5 Å². The van der Waals surface area contributed by atoms with E-state index in [1.807, 2.05) is 13.0 Å². The second-order valence-electron chi connectivity index (χ2n) is 6.42. The number of nitrogens with one attached hydrogen (secondary N) is 1. The molecular weight excluding hydrogens is 246 g/mol. The van der Waals surface area contributed by atoms with Gasteiger partial charge in [-0.1, -0.05) is 18.2 Å².